The number of ether oxygens (including phenoxy) is 2. The number of para-hydroxylation sites is 1. The highest BCUT2D eigenvalue weighted by atomic mass is 16.7. The predicted molar refractivity (Wildman–Crippen MR) is 192 cm³/mol. The summed E-state index contributed by atoms with van der Waals surface area (Å²) in [6, 6.07) is 25.6. The lowest BCUT2D eigenvalue weighted by Gasteiger charge is -2.64. The van der Waals surface area contributed by atoms with Gasteiger partial charge in [-0.05, 0) is 91.3 Å². The van der Waals surface area contributed by atoms with Gasteiger partial charge in [0.1, 0.15) is 18.1 Å². The maximum absolute atomic E-state index is 14.1. The highest BCUT2D eigenvalue weighted by molar-refractivity contribution is 6.47. The van der Waals surface area contributed by atoms with Gasteiger partial charge in [0.25, 0.3) is 0 Å². The topological polar surface area (TPSA) is 112 Å². The van der Waals surface area contributed by atoms with Crippen LogP contribution in [0, 0.1) is 29.1 Å². The van der Waals surface area contributed by atoms with Gasteiger partial charge in [-0.1, -0.05) is 76.2 Å². The molecule has 2 bridgehead atoms. The van der Waals surface area contributed by atoms with Crippen LogP contribution in [0.2, 0.25) is 0 Å². The number of Topliss-reactive ketones (excluding diaryl/α,β-unsaturated/α-hetero) is 1. The van der Waals surface area contributed by atoms with Crippen LogP contribution in [-0.2, 0) is 25.4 Å². The number of carbonyl (C=O) groups excluding carboxylic acids is 3. The Morgan fingerprint density at radius 3 is 2.22 bits per heavy atom. The molecule has 1 heterocycles. The van der Waals surface area contributed by atoms with Crippen LogP contribution in [-0.4, -0.2) is 49.1 Å². The number of carbonyl (C=O) groups is 3. The van der Waals surface area contributed by atoms with Gasteiger partial charge in [-0.25, -0.2) is 4.79 Å². The molecule has 0 radical (unpaired) electrons. The van der Waals surface area contributed by atoms with E-state index in [1.54, 1.807) is 24.3 Å². The highest BCUT2D eigenvalue weighted by Gasteiger charge is 2.68. The number of hydrogen-bond acceptors (Lipinski definition) is 7. The summed E-state index contributed by atoms with van der Waals surface area (Å²) in [5.41, 5.74) is 1.06. The summed E-state index contributed by atoms with van der Waals surface area (Å²) in [4.78, 5) is 40.4. The van der Waals surface area contributed by atoms with Gasteiger partial charge in [0, 0.05) is 18.5 Å². The van der Waals surface area contributed by atoms with Crippen LogP contribution in [0.3, 0.4) is 0 Å². The van der Waals surface area contributed by atoms with Crippen LogP contribution in [0.1, 0.15) is 76.2 Å². The van der Waals surface area contributed by atoms with Crippen molar-refractivity contribution in [1.82, 2.24) is 10.6 Å². The number of ketones is 1. The van der Waals surface area contributed by atoms with Gasteiger partial charge < -0.3 is 29.4 Å². The van der Waals surface area contributed by atoms with Gasteiger partial charge in [0.15, 0.2) is 5.78 Å². The van der Waals surface area contributed by atoms with E-state index in [4.69, 9.17) is 18.8 Å². The number of alkyl carbamates (subject to hydrolysis) is 1. The molecule has 1 aliphatic heterocycles. The highest BCUT2D eigenvalue weighted by Crippen LogP contribution is 2.65. The molecular weight excluding hydrogens is 631 g/mol. The van der Waals surface area contributed by atoms with Crippen LogP contribution in [0.25, 0.3) is 0 Å². The van der Waals surface area contributed by atoms with Gasteiger partial charge in [0.2, 0.25) is 5.91 Å². The van der Waals surface area contributed by atoms with Crippen LogP contribution < -0.4 is 15.4 Å². The molecule has 4 fully saturated rings. The lowest BCUT2D eigenvalue weighted by Crippen LogP contribution is -2.65. The van der Waals surface area contributed by atoms with Crippen molar-refractivity contribution in [2.24, 2.45) is 29.1 Å². The van der Waals surface area contributed by atoms with Gasteiger partial charge in [0.05, 0.1) is 23.6 Å². The lowest BCUT2D eigenvalue weighted by atomic mass is 9.43. The second-order valence-electron chi connectivity index (χ2n) is 15.3. The van der Waals surface area contributed by atoms with E-state index < -0.39 is 30.7 Å². The van der Waals surface area contributed by atoms with Crippen LogP contribution in [0.5, 0.6) is 11.5 Å². The third-order valence-electron chi connectivity index (χ3n) is 11.0. The molecule has 9 nitrogen and oxygen atoms in total. The van der Waals surface area contributed by atoms with Crippen LogP contribution >= 0.6 is 0 Å². The van der Waals surface area contributed by atoms with Crippen molar-refractivity contribution in [2.75, 3.05) is 6.54 Å². The molecule has 0 spiro atoms. The molecule has 2 N–H and O–H groups in total. The van der Waals surface area contributed by atoms with Crippen LogP contribution in [0.15, 0.2) is 84.9 Å². The number of amides is 2. The summed E-state index contributed by atoms with van der Waals surface area (Å²) in [5, 5.41) is 5.91. The zero-order valence-corrected chi connectivity index (χ0v) is 29.7. The molecule has 7 rings (SSSR count). The van der Waals surface area contributed by atoms with Crippen molar-refractivity contribution in [1.29, 1.82) is 0 Å². The molecule has 264 valence electrons. The third kappa shape index (κ3) is 7.92. The van der Waals surface area contributed by atoms with Crippen molar-refractivity contribution in [3.63, 3.8) is 0 Å². The monoisotopic (exact) mass is 680 g/mol. The lowest BCUT2D eigenvalue weighted by molar-refractivity contribution is -0.199. The molecule has 0 aromatic heterocycles. The zero-order chi connectivity index (χ0) is 35.5. The number of rotatable bonds is 14. The molecule has 50 heavy (non-hydrogen) atoms. The SMILES string of the molecule is CC(C)C[C@H](NC(=O)[C@H](CNC(=O)OCc1ccccc1)CC(=O)c1ccc(Oc2ccccc2)cc1)B1O[C@@H]2C[C@@H]3C[C@@H](C3(C)C)[C@]2(C)O1. The van der Waals surface area contributed by atoms with E-state index in [-0.39, 0.29) is 48.7 Å². The van der Waals surface area contributed by atoms with E-state index in [1.807, 2.05) is 60.7 Å². The quantitative estimate of drug-likeness (QED) is 0.135. The average Bonchev–Trinajstić information content (AvgIpc) is 3.47. The molecule has 6 atom stereocenters. The molecule has 0 unspecified atom stereocenters. The Hall–Kier alpha value is -4.15. The second-order valence-corrected chi connectivity index (χ2v) is 15.3. The molecular formula is C40H49BN2O7. The Bertz CT molecular complexity index is 1630. The van der Waals surface area contributed by atoms with Gasteiger partial charge in [-0.2, -0.15) is 0 Å². The number of benzene rings is 3. The molecule has 2 amide bonds. The summed E-state index contributed by atoms with van der Waals surface area (Å²) in [7, 11) is -0.608. The standard InChI is InChI=1S/C40H49BN2O7/c1-26(2)20-36(41-49-35-23-30-22-34(39(30,3)4)40(35,5)50-41)43-37(45)29(24-42-38(46)47-25-27-12-8-6-9-13-27)21-33(44)28-16-18-32(19-17-28)48-31-14-10-7-11-15-31/h6-19,26,29-30,34-36H,20-25H2,1-5H3,(H,42,46)(H,43,45)/t29-,30-,34-,35+,36-,40-/m0/s1. The Balaban J connectivity index is 1.14. The minimum Gasteiger partial charge on any atom is -0.457 e. The molecule has 3 aliphatic carbocycles. The second kappa shape index (κ2) is 15.0. The summed E-state index contributed by atoms with van der Waals surface area (Å²) in [6.07, 6.45) is 1.90. The Morgan fingerprint density at radius 2 is 1.56 bits per heavy atom. The Morgan fingerprint density at radius 1 is 0.900 bits per heavy atom. The van der Waals surface area contributed by atoms with Crippen molar-refractivity contribution in [2.45, 2.75) is 84.6 Å². The largest absolute Gasteiger partial charge is 0.481 e. The summed E-state index contributed by atoms with van der Waals surface area (Å²) >= 11 is 0. The third-order valence-corrected chi connectivity index (χ3v) is 11.0. The average molecular weight is 681 g/mol. The first-order valence-corrected chi connectivity index (χ1v) is 17.9. The summed E-state index contributed by atoms with van der Waals surface area (Å²) < 4.78 is 24.6. The van der Waals surface area contributed by atoms with E-state index in [9.17, 15) is 14.4 Å². The zero-order valence-electron chi connectivity index (χ0n) is 29.7. The van der Waals surface area contributed by atoms with Gasteiger partial charge in [-0.3, -0.25) is 9.59 Å². The maximum atomic E-state index is 14.1. The molecule has 3 aromatic carbocycles. The first kappa shape index (κ1) is 35.7. The summed E-state index contributed by atoms with van der Waals surface area (Å²) in [5.74, 6) is 0.638. The van der Waals surface area contributed by atoms with E-state index in [1.165, 1.54) is 0 Å². The number of hydrogen-bond donors (Lipinski definition) is 2. The first-order chi connectivity index (χ1) is 23.9. The molecule has 3 aromatic rings. The Kier molecular flexibility index (Phi) is 10.7. The van der Waals surface area contributed by atoms with E-state index in [0.29, 0.717) is 35.3 Å². The molecule has 1 saturated heterocycles. The van der Waals surface area contributed by atoms with Crippen molar-refractivity contribution in [3.8, 4) is 11.5 Å². The minimum absolute atomic E-state index is 0.0249. The fourth-order valence-electron chi connectivity index (χ4n) is 8.03. The Labute approximate surface area is 295 Å². The molecule has 10 heteroatoms. The van der Waals surface area contributed by atoms with E-state index in [0.717, 1.165) is 18.4 Å². The normalized spacial score (nSPS) is 24.4. The summed E-state index contributed by atoms with van der Waals surface area (Å²) in [6.45, 7) is 11.0. The van der Waals surface area contributed by atoms with E-state index >= 15 is 0 Å². The van der Waals surface area contributed by atoms with Gasteiger partial charge in [-0.15, -0.1) is 0 Å². The van der Waals surface area contributed by atoms with E-state index in [2.05, 4.69) is 45.3 Å². The fourth-order valence-corrected chi connectivity index (χ4v) is 8.03. The van der Waals surface area contributed by atoms with Gasteiger partial charge >= 0.3 is 13.2 Å². The predicted octanol–water partition coefficient (Wildman–Crippen LogP) is 7.39. The fraction of sp³-hybridized carbons (Fsp3) is 0.475. The van der Waals surface area contributed by atoms with Crippen LogP contribution in [0.4, 0.5) is 4.79 Å². The minimum atomic E-state index is -0.868. The number of nitrogens with one attached hydrogen (secondary N) is 2. The molecule has 3 saturated carbocycles. The molecule has 4 aliphatic rings. The van der Waals surface area contributed by atoms with Crippen molar-refractivity contribution in [3.05, 3.63) is 96.1 Å². The van der Waals surface area contributed by atoms with Crippen molar-refractivity contribution < 1.29 is 33.2 Å². The van der Waals surface area contributed by atoms with Crippen molar-refractivity contribution >= 4 is 24.9 Å². The maximum Gasteiger partial charge on any atom is 0.481 e. The first-order valence-electron chi connectivity index (χ1n) is 17.9. The smallest absolute Gasteiger partial charge is 0.457 e.